The molecule has 4 nitrogen and oxygen atoms in total. The van der Waals surface area contributed by atoms with E-state index in [2.05, 4.69) is 4.90 Å². The molecule has 0 aliphatic carbocycles. The first kappa shape index (κ1) is 13.2. The van der Waals surface area contributed by atoms with Crippen LogP contribution < -0.4 is 0 Å². The monoisotopic (exact) mass is 227 g/mol. The summed E-state index contributed by atoms with van der Waals surface area (Å²) in [6, 6.07) is 3.80. The summed E-state index contributed by atoms with van der Waals surface area (Å²) in [6.07, 6.45) is 1.66. The number of aliphatic hydroxyl groups is 1. The molecule has 0 bridgehead atoms. The van der Waals surface area contributed by atoms with Crippen molar-refractivity contribution < 1.29 is 14.3 Å². The number of rotatable bonds is 7. The molecule has 0 aliphatic rings. The molecule has 4 heteroatoms. The van der Waals surface area contributed by atoms with E-state index in [4.69, 9.17) is 9.15 Å². The first-order valence-electron chi connectivity index (χ1n) is 5.47. The molecule has 0 saturated carbocycles. The van der Waals surface area contributed by atoms with E-state index in [9.17, 15) is 5.11 Å². The number of nitrogens with zero attached hydrogens (tertiary/aromatic N) is 1. The van der Waals surface area contributed by atoms with E-state index < -0.39 is 5.60 Å². The van der Waals surface area contributed by atoms with Crippen molar-refractivity contribution in [1.82, 2.24) is 4.90 Å². The van der Waals surface area contributed by atoms with Gasteiger partial charge in [-0.05, 0) is 26.0 Å². The van der Waals surface area contributed by atoms with Crippen molar-refractivity contribution in [3.63, 3.8) is 0 Å². The van der Waals surface area contributed by atoms with Crippen molar-refractivity contribution in [3.8, 4) is 0 Å². The van der Waals surface area contributed by atoms with Gasteiger partial charge in [-0.15, -0.1) is 0 Å². The largest absolute Gasteiger partial charge is 0.468 e. The first-order chi connectivity index (χ1) is 7.51. The highest BCUT2D eigenvalue weighted by Crippen LogP contribution is 2.10. The predicted molar refractivity (Wildman–Crippen MR) is 62.2 cm³/mol. The lowest BCUT2D eigenvalue weighted by molar-refractivity contribution is 0.0226. The molecule has 1 heterocycles. The molecule has 0 radical (unpaired) electrons. The third-order valence-electron chi connectivity index (χ3n) is 2.18. The van der Waals surface area contributed by atoms with Crippen LogP contribution in [-0.4, -0.2) is 42.4 Å². The summed E-state index contributed by atoms with van der Waals surface area (Å²) in [5, 5.41) is 9.80. The minimum absolute atomic E-state index is 0.594. The normalized spacial score (nSPS) is 12.3. The van der Waals surface area contributed by atoms with Gasteiger partial charge >= 0.3 is 0 Å². The summed E-state index contributed by atoms with van der Waals surface area (Å²) < 4.78 is 10.3. The number of hydrogen-bond donors (Lipinski definition) is 1. The topological polar surface area (TPSA) is 45.8 Å². The third kappa shape index (κ3) is 5.30. The maximum Gasteiger partial charge on any atom is 0.117 e. The lowest BCUT2D eigenvalue weighted by atomic mass is 10.1. The van der Waals surface area contributed by atoms with Crippen LogP contribution in [0.5, 0.6) is 0 Å². The van der Waals surface area contributed by atoms with Gasteiger partial charge in [0.25, 0.3) is 0 Å². The van der Waals surface area contributed by atoms with Gasteiger partial charge in [0.2, 0.25) is 0 Å². The highest BCUT2D eigenvalue weighted by atomic mass is 16.5. The van der Waals surface area contributed by atoms with Gasteiger partial charge in [0.1, 0.15) is 5.76 Å². The second-order valence-electron chi connectivity index (χ2n) is 4.60. The Morgan fingerprint density at radius 1 is 1.50 bits per heavy atom. The van der Waals surface area contributed by atoms with Crippen molar-refractivity contribution in [2.24, 2.45) is 0 Å². The molecule has 0 atom stereocenters. The van der Waals surface area contributed by atoms with Crippen molar-refractivity contribution in [1.29, 1.82) is 0 Å². The summed E-state index contributed by atoms with van der Waals surface area (Å²) >= 11 is 0. The predicted octanol–water partition coefficient (Wildman–Crippen LogP) is 1.50. The molecule has 0 aromatic carbocycles. The Bertz CT molecular complexity index is 277. The Labute approximate surface area is 96.8 Å². The zero-order valence-corrected chi connectivity index (χ0v) is 10.3. The standard InChI is InChI=1S/C12H21NO3/c1-12(2,14)10-13(6-8-15-3)9-11-5-4-7-16-11/h4-5,7,14H,6,8-10H2,1-3H3. The summed E-state index contributed by atoms with van der Waals surface area (Å²) in [5.74, 6) is 0.903. The van der Waals surface area contributed by atoms with Crippen LogP contribution in [0.4, 0.5) is 0 Å². The van der Waals surface area contributed by atoms with Gasteiger partial charge in [-0.3, -0.25) is 4.90 Å². The van der Waals surface area contributed by atoms with E-state index >= 15 is 0 Å². The Morgan fingerprint density at radius 3 is 2.75 bits per heavy atom. The van der Waals surface area contributed by atoms with Crippen molar-refractivity contribution in [3.05, 3.63) is 24.2 Å². The van der Waals surface area contributed by atoms with Crippen LogP contribution in [0.1, 0.15) is 19.6 Å². The van der Waals surface area contributed by atoms with E-state index in [-0.39, 0.29) is 0 Å². The molecule has 0 aliphatic heterocycles. The molecule has 0 spiro atoms. The Kier molecular flexibility index (Phi) is 4.99. The summed E-state index contributed by atoms with van der Waals surface area (Å²) in [4.78, 5) is 2.11. The second kappa shape index (κ2) is 6.03. The Hall–Kier alpha value is -0.840. The van der Waals surface area contributed by atoms with Gasteiger partial charge in [-0.25, -0.2) is 0 Å². The van der Waals surface area contributed by atoms with Gasteiger partial charge in [-0.2, -0.15) is 0 Å². The molecular formula is C12H21NO3. The van der Waals surface area contributed by atoms with E-state index in [1.54, 1.807) is 27.2 Å². The van der Waals surface area contributed by atoms with Gasteiger partial charge < -0.3 is 14.3 Å². The van der Waals surface area contributed by atoms with Gasteiger partial charge in [-0.1, -0.05) is 0 Å². The maximum atomic E-state index is 9.80. The zero-order chi connectivity index (χ0) is 12.0. The van der Waals surface area contributed by atoms with Crippen molar-refractivity contribution >= 4 is 0 Å². The first-order valence-corrected chi connectivity index (χ1v) is 5.47. The summed E-state index contributed by atoms with van der Waals surface area (Å²) in [6.45, 7) is 6.32. The van der Waals surface area contributed by atoms with E-state index in [0.29, 0.717) is 19.7 Å². The molecule has 92 valence electrons. The maximum absolute atomic E-state index is 9.80. The lowest BCUT2D eigenvalue weighted by Gasteiger charge is -2.28. The fourth-order valence-corrected chi connectivity index (χ4v) is 1.60. The molecule has 0 fully saturated rings. The van der Waals surface area contributed by atoms with Gasteiger partial charge in [0.05, 0.1) is 25.0 Å². The fraction of sp³-hybridized carbons (Fsp3) is 0.667. The zero-order valence-electron chi connectivity index (χ0n) is 10.3. The number of ether oxygens (including phenoxy) is 1. The van der Waals surface area contributed by atoms with E-state index in [0.717, 1.165) is 12.3 Å². The Balaban J connectivity index is 2.50. The lowest BCUT2D eigenvalue weighted by Crippen LogP contribution is -2.39. The van der Waals surface area contributed by atoms with E-state index in [1.807, 2.05) is 12.1 Å². The van der Waals surface area contributed by atoms with E-state index in [1.165, 1.54) is 0 Å². The van der Waals surface area contributed by atoms with Crippen LogP contribution in [0.15, 0.2) is 22.8 Å². The Morgan fingerprint density at radius 2 is 2.25 bits per heavy atom. The van der Waals surface area contributed by atoms with Gasteiger partial charge in [0, 0.05) is 20.2 Å². The number of hydrogen-bond acceptors (Lipinski definition) is 4. The molecule has 1 aromatic rings. The number of methoxy groups -OCH3 is 1. The van der Waals surface area contributed by atoms with Crippen LogP contribution in [0.2, 0.25) is 0 Å². The molecular weight excluding hydrogens is 206 g/mol. The molecule has 16 heavy (non-hydrogen) atoms. The SMILES string of the molecule is COCCN(Cc1ccco1)CC(C)(C)O. The summed E-state index contributed by atoms with van der Waals surface area (Å²) in [5.41, 5.74) is -0.708. The third-order valence-corrected chi connectivity index (χ3v) is 2.18. The fourth-order valence-electron chi connectivity index (χ4n) is 1.60. The average Bonchev–Trinajstić information content (AvgIpc) is 2.64. The van der Waals surface area contributed by atoms with Crippen molar-refractivity contribution in [2.45, 2.75) is 26.0 Å². The highest BCUT2D eigenvalue weighted by Gasteiger charge is 2.18. The molecule has 0 amide bonds. The van der Waals surface area contributed by atoms with Crippen LogP contribution >= 0.6 is 0 Å². The average molecular weight is 227 g/mol. The molecule has 0 unspecified atom stereocenters. The highest BCUT2D eigenvalue weighted by molar-refractivity contribution is 4.98. The van der Waals surface area contributed by atoms with Crippen LogP contribution in [0, 0.1) is 0 Å². The minimum atomic E-state index is -0.708. The molecule has 1 N–H and O–H groups in total. The van der Waals surface area contributed by atoms with Crippen LogP contribution in [0.3, 0.4) is 0 Å². The smallest absolute Gasteiger partial charge is 0.117 e. The second-order valence-corrected chi connectivity index (χ2v) is 4.60. The van der Waals surface area contributed by atoms with Crippen LogP contribution in [0.25, 0.3) is 0 Å². The molecule has 1 aromatic heterocycles. The summed E-state index contributed by atoms with van der Waals surface area (Å²) in [7, 11) is 1.68. The van der Waals surface area contributed by atoms with Crippen LogP contribution in [-0.2, 0) is 11.3 Å². The number of furan rings is 1. The molecule has 1 rings (SSSR count). The molecule has 0 saturated heterocycles. The quantitative estimate of drug-likeness (QED) is 0.766. The van der Waals surface area contributed by atoms with Gasteiger partial charge in [0.15, 0.2) is 0 Å². The minimum Gasteiger partial charge on any atom is -0.468 e. The van der Waals surface area contributed by atoms with Crippen molar-refractivity contribution in [2.75, 3.05) is 26.8 Å².